The van der Waals surface area contributed by atoms with Crippen molar-refractivity contribution >= 4 is 5.78 Å². The van der Waals surface area contributed by atoms with Crippen LogP contribution in [0.5, 0.6) is 0 Å². The smallest absolute Gasteiger partial charge is 0.651 e. The molecule has 0 amide bonds. The van der Waals surface area contributed by atoms with Crippen LogP contribution in [0.25, 0.3) is 5.32 Å². The van der Waals surface area contributed by atoms with Crippen LogP contribution in [0.15, 0.2) is 0 Å². The molecule has 2 unspecified atom stereocenters. The summed E-state index contributed by atoms with van der Waals surface area (Å²) < 4.78 is 0. The zero-order chi connectivity index (χ0) is 6.85. The molecular formula is C6H10KNO2. The fraction of sp³-hybridized carbons (Fsp3) is 0.833. The molecule has 0 bridgehead atoms. The first-order chi connectivity index (χ1) is 4.20. The van der Waals surface area contributed by atoms with Gasteiger partial charge in [-0.05, 0) is 13.3 Å². The van der Waals surface area contributed by atoms with Crippen LogP contribution >= 0.6 is 0 Å². The van der Waals surface area contributed by atoms with Crippen molar-refractivity contribution in [1.29, 1.82) is 0 Å². The van der Waals surface area contributed by atoms with Gasteiger partial charge in [-0.25, -0.2) is 0 Å². The van der Waals surface area contributed by atoms with E-state index in [2.05, 4.69) is 5.32 Å². The molecule has 0 aliphatic carbocycles. The molecule has 10 heavy (non-hydrogen) atoms. The summed E-state index contributed by atoms with van der Waals surface area (Å²) in [5.74, 6) is 0.0616. The Hall–Kier alpha value is 1.23. The predicted octanol–water partition coefficient (Wildman–Crippen LogP) is -2.91. The molecule has 52 valence electrons. The molecule has 1 aliphatic heterocycles. The van der Waals surface area contributed by atoms with Gasteiger partial charge in [-0.3, -0.25) is 0 Å². The molecule has 1 heterocycles. The Bertz CT molecular complexity index is 129. The summed E-state index contributed by atoms with van der Waals surface area (Å²) in [6.45, 7) is 1.94. The van der Waals surface area contributed by atoms with E-state index >= 15 is 0 Å². The number of carbonyl (C=O) groups excluding carboxylic acids is 1. The SMILES string of the molecule is CC(=O)C1CC(O)C[N-]1.[K+]. The number of hydrogen-bond acceptors (Lipinski definition) is 2. The second-order valence-electron chi connectivity index (χ2n) is 2.38. The standard InChI is InChI=1S/C6H10NO2.K/c1-4(8)6-2-5(9)3-7-6;/h5-6,9H,2-3H2,1H3;/q-1;+1. The summed E-state index contributed by atoms with van der Waals surface area (Å²) in [6, 6.07) is -0.222. The Morgan fingerprint density at radius 2 is 2.30 bits per heavy atom. The van der Waals surface area contributed by atoms with Crippen LogP contribution in [-0.2, 0) is 4.79 Å². The normalized spacial score (nSPS) is 31.4. The number of carbonyl (C=O) groups is 1. The number of ketones is 1. The Kier molecular flexibility index (Phi) is 5.59. The maximum atomic E-state index is 10.6. The van der Waals surface area contributed by atoms with E-state index in [4.69, 9.17) is 5.11 Å². The molecule has 1 fully saturated rings. The first-order valence-electron chi connectivity index (χ1n) is 3.05. The number of Topliss-reactive ketones (excluding diaryl/α,β-unsaturated/α-hetero) is 1. The summed E-state index contributed by atoms with van der Waals surface area (Å²) in [6.07, 6.45) is 0.147. The van der Waals surface area contributed by atoms with Crippen LogP contribution in [0.2, 0.25) is 0 Å². The average Bonchev–Trinajstić information content (AvgIpc) is 2.14. The summed E-state index contributed by atoms with van der Waals surface area (Å²) in [5, 5.41) is 12.8. The third-order valence-corrected chi connectivity index (χ3v) is 1.50. The summed E-state index contributed by atoms with van der Waals surface area (Å²) >= 11 is 0. The van der Waals surface area contributed by atoms with Crippen LogP contribution in [-0.4, -0.2) is 29.6 Å². The number of rotatable bonds is 1. The Morgan fingerprint density at radius 1 is 1.70 bits per heavy atom. The number of aliphatic hydroxyl groups excluding tert-OH is 1. The third-order valence-electron chi connectivity index (χ3n) is 1.50. The topological polar surface area (TPSA) is 51.4 Å². The van der Waals surface area contributed by atoms with Gasteiger partial charge in [-0.15, -0.1) is 6.54 Å². The van der Waals surface area contributed by atoms with Gasteiger partial charge in [0, 0.05) is 6.10 Å². The van der Waals surface area contributed by atoms with E-state index in [-0.39, 0.29) is 69.3 Å². The van der Waals surface area contributed by atoms with E-state index in [1.807, 2.05) is 0 Å². The van der Waals surface area contributed by atoms with Gasteiger partial charge < -0.3 is 15.2 Å². The molecule has 0 radical (unpaired) electrons. The molecule has 1 N–H and O–H groups in total. The zero-order valence-electron chi connectivity index (χ0n) is 6.37. The first kappa shape index (κ1) is 11.2. The second kappa shape index (κ2) is 4.98. The summed E-state index contributed by atoms with van der Waals surface area (Å²) in [7, 11) is 0. The molecule has 1 aliphatic rings. The van der Waals surface area contributed by atoms with Crippen LogP contribution in [0.1, 0.15) is 13.3 Å². The van der Waals surface area contributed by atoms with E-state index in [9.17, 15) is 4.79 Å². The van der Waals surface area contributed by atoms with Gasteiger partial charge in [0.05, 0.1) is 0 Å². The molecular weight excluding hydrogens is 157 g/mol. The van der Waals surface area contributed by atoms with Crippen molar-refractivity contribution < 1.29 is 61.3 Å². The zero-order valence-corrected chi connectivity index (χ0v) is 9.49. The molecule has 0 aromatic rings. The Balaban J connectivity index is 0.000000810. The first-order valence-corrected chi connectivity index (χ1v) is 3.05. The van der Waals surface area contributed by atoms with E-state index in [1.54, 1.807) is 0 Å². The third kappa shape index (κ3) is 3.09. The van der Waals surface area contributed by atoms with Gasteiger partial charge in [0.15, 0.2) is 0 Å². The van der Waals surface area contributed by atoms with Crippen LogP contribution < -0.4 is 51.4 Å². The van der Waals surface area contributed by atoms with Gasteiger partial charge in [0.2, 0.25) is 0 Å². The Labute approximate surface area is 103 Å². The maximum Gasteiger partial charge on any atom is 1.00 e. The van der Waals surface area contributed by atoms with Gasteiger partial charge in [-0.1, -0.05) is 6.04 Å². The van der Waals surface area contributed by atoms with Crippen molar-refractivity contribution in [3.05, 3.63) is 5.32 Å². The van der Waals surface area contributed by atoms with Crippen molar-refractivity contribution in [1.82, 2.24) is 0 Å². The minimum atomic E-state index is -0.376. The second-order valence-corrected chi connectivity index (χ2v) is 2.38. The van der Waals surface area contributed by atoms with Crippen molar-refractivity contribution in [2.24, 2.45) is 0 Å². The van der Waals surface area contributed by atoms with Crippen molar-refractivity contribution in [3.8, 4) is 0 Å². The predicted molar refractivity (Wildman–Crippen MR) is 33.3 cm³/mol. The maximum absolute atomic E-state index is 10.6. The monoisotopic (exact) mass is 167 g/mol. The van der Waals surface area contributed by atoms with E-state index in [0.717, 1.165) is 0 Å². The van der Waals surface area contributed by atoms with Crippen LogP contribution in [0, 0.1) is 0 Å². The van der Waals surface area contributed by atoms with Crippen molar-refractivity contribution in [2.75, 3.05) is 6.54 Å². The minimum absolute atomic E-state index is 0. The molecule has 0 aromatic carbocycles. The van der Waals surface area contributed by atoms with Gasteiger partial charge in [0.25, 0.3) is 0 Å². The molecule has 2 atom stereocenters. The fourth-order valence-electron chi connectivity index (χ4n) is 0.950. The van der Waals surface area contributed by atoms with Crippen molar-refractivity contribution in [3.63, 3.8) is 0 Å². The number of aliphatic hydroxyl groups is 1. The molecule has 0 saturated carbocycles. The van der Waals surface area contributed by atoms with Crippen molar-refractivity contribution in [2.45, 2.75) is 25.5 Å². The quantitative estimate of drug-likeness (QED) is 0.426. The molecule has 0 aromatic heterocycles. The molecule has 4 heteroatoms. The molecule has 1 rings (SSSR count). The largest absolute Gasteiger partial charge is 1.00 e. The van der Waals surface area contributed by atoms with Gasteiger partial charge in [0.1, 0.15) is 5.78 Å². The Morgan fingerprint density at radius 3 is 2.50 bits per heavy atom. The molecule has 0 spiro atoms. The molecule has 3 nitrogen and oxygen atoms in total. The fourth-order valence-corrected chi connectivity index (χ4v) is 0.950. The summed E-state index contributed by atoms with van der Waals surface area (Å²) in [5.41, 5.74) is 0. The van der Waals surface area contributed by atoms with Gasteiger partial charge >= 0.3 is 51.4 Å². The van der Waals surface area contributed by atoms with E-state index in [0.29, 0.717) is 13.0 Å². The van der Waals surface area contributed by atoms with E-state index in [1.165, 1.54) is 6.92 Å². The van der Waals surface area contributed by atoms with Crippen LogP contribution in [0.3, 0.4) is 0 Å². The molecule has 1 saturated heterocycles. The van der Waals surface area contributed by atoms with E-state index < -0.39 is 0 Å². The summed E-state index contributed by atoms with van der Waals surface area (Å²) in [4.78, 5) is 10.6. The minimum Gasteiger partial charge on any atom is -0.651 e. The average molecular weight is 167 g/mol. The number of hydrogen-bond donors (Lipinski definition) is 1. The van der Waals surface area contributed by atoms with Gasteiger partial charge in [-0.2, -0.15) is 0 Å². The number of nitrogens with zero attached hydrogens (tertiary/aromatic N) is 1. The van der Waals surface area contributed by atoms with Crippen LogP contribution in [0.4, 0.5) is 0 Å².